The molecule has 1 saturated carbocycles. The molecule has 106 valence electrons. The van der Waals surface area contributed by atoms with E-state index in [1.54, 1.807) is 17.7 Å². The molecule has 0 spiro atoms. The average molecular weight is 294 g/mol. The molecule has 20 heavy (non-hydrogen) atoms. The van der Waals surface area contributed by atoms with Gasteiger partial charge in [-0.1, -0.05) is 12.1 Å². The number of nitrogens with zero attached hydrogens (tertiary/aromatic N) is 3. The van der Waals surface area contributed by atoms with Crippen LogP contribution < -0.4 is 9.88 Å². The maximum Gasteiger partial charge on any atom is 0.273 e. The molecule has 0 aliphatic heterocycles. The van der Waals surface area contributed by atoms with E-state index in [2.05, 4.69) is 10.2 Å². The number of hydrogen-bond acceptors (Lipinski definition) is 5. The van der Waals surface area contributed by atoms with Crippen molar-refractivity contribution in [2.75, 3.05) is 7.11 Å². The highest BCUT2D eigenvalue weighted by Crippen LogP contribution is 2.41. The van der Waals surface area contributed by atoms with Crippen molar-refractivity contribution in [3.8, 4) is 17.1 Å². The van der Waals surface area contributed by atoms with Gasteiger partial charge < -0.3 is 4.74 Å². The summed E-state index contributed by atoms with van der Waals surface area (Å²) < 4.78 is 30.1. The summed E-state index contributed by atoms with van der Waals surface area (Å²) in [5.74, 6) is 1.08. The first-order valence-corrected chi connectivity index (χ1v) is 7.68. The summed E-state index contributed by atoms with van der Waals surface area (Å²) in [4.78, 5) is 0. The third kappa shape index (κ3) is 2.16. The first-order valence-electron chi connectivity index (χ1n) is 6.13. The molecule has 8 heteroatoms. The minimum atomic E-state index is -3.90. The lowest BCUT2D eigenvalue weighted by Gasteiger charge is -2.10. The second kappa shape index (κ2) is 4.57. The molecule has 1 heterocycles. The van der Waals surface area contributed by atoms with Gasteiger partial charge in [-0.2, -0.15) is 0 Å². The Bertz CT molecular complexity index is 750. The predicted molar refractivity (Wildman–Crippen MR) is 71.7 cm³/mol. The number of sulfonamides is 1. The molecular formula is C12H14N4O3S. The summed E-state index contributed by atoms with van der Waals surface area (Å²) in [7, 11) is -2.34. The minimum absolute atomic E-state index is 0.0817. The van der Waals surface area contributed by atoms with Crippen LogP contribution in [0.1, 0.15) is 18.9 Å². The molecule has 2 aromatic rings. The number of hydrogen-bond donors (Lipinski definition) is 1. The number of primary sulfonamides is 1. The van der Waals surface area contributed by atoms with Crippen molar-refractivity contribution in [3.63, 3.8) is 0 Å². The summed E-state index contributed by atoms with van der Waals surface area (Å²) >= 11 is 0. The van der Waals surface area contributed by atoms with Crippen molar-refractivity contribution in [2.45, 2.75) is 24.0 Å². The fourth-order valence-electron chi connectivity index (χ4n) is 2.15. The Kier molecular flexibility index (Phi) is 2.98. The van der Waals surface area contributed by atoms with Crippen LogP contribution in [0.3, 0.4) is 0 Å². The Morgan fingerprint density at radius 3 is 2.60 bits per heavy atom. The van der Waals surface area contributed by atoms with Gasteiger partial charge in [0.05, 0.1) is 12.7 Å². The van der Waals surface area contributed by atoms with E-state index in [1.165, 1.54) is 0 Å². The SMILES string of the molecule is COc1ccccc1-c1nnc(S(N)(=O)=O)n1C1CC1. The molecule has 0 radical (unpaired) electrons. The highest BCUT2D eigenvalue weighted by atomic mass is 32.2. The van der Waals surface area contributed by atoms with Crippen LogP contribution >= 0.6 is 0 Å². The van der Waals surface area contributed by atoms with Crippen molar-refractivity contribution in [2.24, 2.45) is 5.14 Å². The number of aromatic nitrogens is 3. The van der Waals surface area contributed by atoms with E-state index in [9.17, 15) is 8.42 Å². The smallest absolute Gasteiger partial charge is 0.273 e. The number of ether oxygens (including phenoxy) is 1. The van der Waals surface area contributed by atoms with Crippen LogP contribution in [-0.2, 0) is 10.0 Å². The number of nitrogens with two attached hydrogens (primary N) is 1. The van der Waals surface area contributed by atoms with E-state index < -0.39 is 10.0 Å². The molecule has 1 aliphatic rings. The molecule has 1 aliphatic carbocycles. The van der Waals surface area contributed by atoms with Gasteiger partial charge >= 0.3 is 0 Å². The second-order valence-corrected chi connectivity index (χ2v) is 6.11. The lowest BCUT2D eigenvalue weighted by Crippen LogP contribution is -2.18. The average Bonchev–Trinajstić information content (AvgIpc) is 3.15. The van der Waals surface area contributed by atoms with Crippen LogP contribution in [0.5, 0.6) is 5.75 Å². The summed E-state index contributed by atoms with van der Waals surface area (Å²) in [6.07, 6.45) is 1.78. The number of para-hydroxylation sites is 1. The van der Waals surface area contributed by atoms with E-state index in [0.717, 1.165) is 12.8 Å². The third-order valence-electron chi connectivity index (χ3n) is 3.18. The van der Waals surface area contributed by atoms with Crippen molar-refractivity contribution in [3.05, 3.63) is 24.3 Å². The van der Waals surface area contributed by atoms with Crippen molar-refractivity contribution < 1.29 is 13.2 Å². The Hall–Kier alpha value is -1.93. The molecule has 0 unspecified atom stereocenters. The zero-order valence-corrected chi connectivity index (χ0v) is 11.7. The summed E-state index contributed by atoms with van der Waals surface area (Å²) in [6.45, 7) is 0. The highest BCUT2D eigenvalue weighted by molar-refractivity contribution is 7.89. The van der Waals surface area contributed by atoms with Gasteiger partial charge in [0.2, 0.25) is 0 Å². The maximum atomic E-state index is 11.6. The predicted octanol–water partition coefficient (Wildman–Crippen LogP) is 0.936. The summed E-state index contributed by atoms with van der Waals surface area (Å²) in [5.41, 5.74) is 0.698. The van der Waals surface area contributed by atoms with E-state index >= 15 is 0 Å². The first kappa shape index (κ1) is 13.1. The molecule has 1 aromatic carbocycles. The number of methoxy groups -OCH3 is 1. The topological polar surface area (TPSA) is 100 Å². The maximum absolute atomic E-state index is 11.6. The van der Waals surface area contributed by atoms with Crippen molar-refractivity contribution in [1.82, 2.24) is 14.8 Å². The molecular weight excluding hydrogens is 280 g/mol. The van der Waals surface area contributed by atoms with E-state index in [1.807, 2.05) is 18.2 Å². The lowest BCUT2D eigenvalue weighted by molar-refractivity contribution is 0.415. The molecule has 0 amide bonds. The van der Waals surface area contributed by atoms with E-state index in [0.29, 0.717) is 17.1 Å². The van der Waals surface area contributed by atoms with Crippen LogP contribution in [-0.4, -0.2) is 30.3 Å². The number of rotatable bonds is 4. The molecule has 1 fully saturated rings. The van der Waals surface area contributed by atoms with Crippen LogP contribution in [0.4, 0.5) is 0 Å². The Labute approximate surface area is 116 Å². The molecule has 0 saturated heterocycles. The largest absolute Gasteiger partial charge is 0.496 e. The highest BCUT2D eigenvalue weighted by Gasteiger charge is 2.34. The zero-order valence-electron chi connectivity index (χ0n) is 10.9. The normalized spacial score (nSPS) is 15.3. The van der Waals surface area contributed by atoms with Gasteiger partial charge in [0.25, 0.3) is 15.2 Å². The summed E-state index contributed by atoms with van der Waals surface area (Å²) in [5, 5.41) is 12.8. The quantitative estimate of drug-likeness (QED) is 0.904. The van der Waals surface area contributed by atoms with Gasteiger partial charge in [0.1, 0.15) is 5.75 Å². The molecule has 0 bridgehead atoms. The van der Waals surface area contributed by atoms with Gasteiger partial charge in [0, 0.05) is 6.04 Å². The zero-order chi connectivity index (χ0) is 14.3. The lowest BCUT2D eigenvalue weighted by atomic mass is 10.2. The second-order valence-electron chi connectivity index (χ2n) is 4.65. The fraction of sp³-hybridized carbons (Fsp3) is 0.333. The molecule has 7 nitrogen and oxygen atoms in total. The summed E-state index contributed by atoms with van der Waals surface area (Å²) in [6, 6.07) is 7.35. The minimum Gasteiger partial charge on any atom is -0.496 e. The van der Waals surface area contributed by atoms with Crippen LogP contribution in [0.15, 0.2) is 29.4 Å². The van der Waals surface area contributed by atoms with Crippen molar-refractivity contribution >= 4 is 10.0 Å². The number of benzene rings is 1. The monoisotopic (exact) mass is 294 g/mol. The molecule has 2 N–H and O–H groups in total. The van der Waals surface area contributed by atoms with Gasteiger partial charge in [-0.3, -0.25) is 4.57 Å². The molecule has 0 atom stereocenters. The van der Waals surface area contributed by atoms with Gasteiger partial charge in [-0.05, 0) is 25.0 Å². The fourth-order valence-corrected chi connectivity index (χ4v) is 2.81. The van der Waals surface area contributed by atoms with Crippen LogP contribution in [0, 0.1) is 0 Å². The van der Waals surface area contributed by atoms with E-state index in [4.69, 9.17) is 9.88 Å². The third-order valence-corrected chi connectivity index (χ3v) is 3.97. The standard InChI is InChI=1S/C12H14N4O3S/c1-19-10-5-3-2-4-9(10)11-14-15-12(20(13,17)18)16(11)8-6-7-8/h2-5,8H,6-7H2,1H3,(H2,13,17,18). The van der Waals surface area contributed by atoms with Crippen molar-refractivity contribution in [1.29, 1.82) is 0 Å². The Morgan fingerprint density at radius 2 is 2.00 bits per heavy atom. The van der Waals surface area contributed by atoms with E-state index in [-0.39, 0.29) is 11.2 Å². The molecule has 1 aromatic heterocycles. The van der Waals surface area contributed by atoms with Gasteiger partial charge in [-0.25, -0.2) is 13.6 Å². The van der Waals surface area contributed by atoms with Crippen LogP contribution in [0.2, 0.25) is 0 Å². The van der Waals surface area contributed by atoms with Gasteiger partial charge in [-0.15, -0.1) is 10.2 Å². The Balaban J connectivity index is 2.22. The molecule has 3 rings (SSSR count). The first-order chi connectivity index (χ1) is 9.52. The van der Waals surface area contributed by atoms with Gasteiger partial charge in [0.15, 0.2) is 5.82 Å². The Morgan fingerprint density at radius 1 is 1.30 bits per heavy atom. The van der Waals surface area contributed by atoms with Crippen LogP contribution in [0.25, 0.3) is 11.4 Å².